The number of aromatic amines is 1. The molecule has 0 amide bonds. The van der Waals surface area contributed by atoms with Crippen LogP contribution in [0.1, 0.15) is 25.3 Å². The second-order valence-corrected chi connectivity index (χ2v) is 3.68. The molecule has 14 heavy (non-hydrogen) atoms. The Hall–Kier alpha value is -1.36. The van der Waals surface area contributed by atoms with Crippen LogP contribution in [0.15, 0.2) is 21.9 Å². The fourth-order valence-electron chi connectivity index (χ4n) is 2.00. The zero-order chi connectivity index (χ0) is 10.1. The van der Waals surface area contributed by atoms with Gasteiger partial charge in [0.25, 0.3) is 5.56 Å². The fourth-order valence-corrected chi connectivity index (χ4v) is 2.00. The second kappa shape index (κ2) is 3.42. The van der Waals surface area contributed by atoms with Gasteiger partial charge >= 0.3 is 5.69 Å². The van der Waals surface area contributed by atoms with Crippen LogP contribution in [0.2, 0.25) is 0 Å². The van der Waals surface area contributed by atoms with Crippen LogP contribution in [-0.2, 0) is 0 Å². The number of H-pyrrole nitrogens is 1. The Balaban J connectivity index is 2.41. The van der Waals surface area contributed by atoms with Gasteiger partial charge in [-0.2, -0.15) is 0 Å². The molecule has 0 bridgehead atoms. The number of hydrogen-bond donors (Lipinski definition) is 2. The van der Waals surface area contributed by atoms with Gasteiger partial charge in [0.2, 0.25) is 0 Å². The molecule has 5 nitrogen and oxygen atoms in total. The highest BCUT2D eigenvalue weighted by atomic mass is 16.2. The van der Waals surface area contributed by atoms with E-state index < -0.39 is 0 Å². The number of aromatic nitrogens is 2. The Morgan fingerprint density at radius 3 is 2.79 bits per heavy atom. The first-order chi connectivity index (χ1) is 6.68. The second-order valence-electron chi connectivity index (χ2n) is 3.68. The SMILES string of the molecule is N[C@H]1CCC[C@@H]1n1ccc(=O)[nH]c1=O. The van der Waals surface area contributed by atoms with Gasteiger partial charge < -0.3 is 5.73 Å². The van der Waals surface area contributed by atoms with E-state index in [4.69, 9.17) is 5.73 Å². The van der Waals surface area contributed by atoms with Crippen molar-refractivity contribution in [2.24, 2.45) is 5.73 Å². The molecule has 1 aromatic rings. The molecule has 5 heteroatoms. The van der Waals surface area contributed by atoms with Crippen molar-refractivity contribution in [3.63, 3.8) is 0 Å². The highest BCUT2D eigenvalue weighted by molar-refractivity contribution is 4.92. The first-order valence-corrected chi connectivity index (χ1v) is 4.75. The number of nitrogens with one attached hydrogen (secondary N) is 1. The summed E-state index contributed by atoms with van der Waals surface area (Å²) in [6, 6.07) is 1.42. The zero-order valence-corrected chi connectivity index (χ0v) is 7.77. The molecular weight excluding hydrogens is 182 g/mol. The Labute approximate surface area is 80.6 Å². The molecule has 1 aliphatic rings. The molecule has 1 saturated carbocycles. The van der Waals surface area contributed by atoms with E-state index in [0.717, 1.165) is 19.3 Å². The molecule has 0 unspecified atom stereocenters. The van der Waals surface area contributed by atoms with Crippen LogP contribution < -0.4 is 17.0 Å². The van der Waals surface area contributed by atoms with Crippen LogP contribution in [0.5, 0.6) is 0 Å². The van der Waals surface area contributed by atoms with Gasteiger partial charge in [-0.3, -0.25) is 14.3 Å². The lowest BCUT2D eigenvalue weighted by Gasteiger charge is -2.17. The molecule has 1 heterocycles. The van der Waals surface area contributed by atoms with Crippen molar-refractivity contribution in [2.45, 2.75) is 31.3 Å². The maximum atomic E-state index is 11.4. The predicted octanol–water partition coefficient (Wildman–Crippen LogP) is -0.411. The van der Waals surface area contributed by atoms with E-state index >= 15 is 0 Å². The minimum Gasteiger partial charge on any atom is -0.326 e. The van der Waals surface area contributed by atoms with Crippen molar-refractivity contribution in [3.05, 3.63) is 33.1 Å². The average Bonchev–Trinajstić information content (AvgIpc) is 2.52. The first kappa shape index (κ1) is 9.21. The minimum atomic E-state index is -0.363. The Morgan fingerprint density at radius 2 is 2.21 bits per heavy atom. The summed E-state index contributed by atoms with van der Waals surface area (Å²) < 4.78 is 1.53. The summed E-state index contributed by atoms with van der Waals surface area (Å²) in [5, 5.41) is 0. The van der Waals surface area contributed by atoms with Gasteiger partial charge in [-0.1, -0.05) is 0 Å². The van der Waals surface area contributed by atoms with Gasteiger partial charge in [-0.15, -0.1) is 0 Å². The maximum Gasteiger partial charge on any atom is 0.328 e. The van der Waals surface area contributed by atoms with Crippen LogP contribution in [0, 0.1) is 0 Å². The summed E-state index contributed by atoms with van der Waals surface area (Å²) in [6.45, 7) is 0. The van der Waals surface area contributed by atoms with Crippen molar-refractivity contribution >= 4 is 0 Å². The average molecular weight is 195 g/mol. The van der Waals surface area contributed by atoms with Crippen LogP contribution in [0.3, 0.4) is 0 Å². The van der Waals surface area contributed by atoms with Gasteiger partial charge in [0.1, 0.15) is 0 Å². The fraction of sp³-hybridized carbons (Fsp3) is 0.556. The molecule has 2 rings (SSSR count). The number of rotatable bonds is 1. The minimum absolute atomic E-state index is 0.0265. The quantitative estimate of drug-likeness (QED) is 0.639. The lowest BCUT2D eigenvalue weighted by molar-refractivity contribution is 0.441. The molecular formula is C9H13N3O2. The van der Waals surface area contributed by atoms with Crippen molar-refractivity contribution in [1.82, 2.24) is 9.55 Å². The van der Waals surface area contributed by atoms with Gasteiger partial charge in [-0.25, -0.2) is 4.79 Å². The van der Waals surface area contributed by atoms with E-state index in [9.17, 15) is 9.59 Å². The first-order valence-electron chi connectivity index (χ1n) is 4.75. The van der Waals surface area contributed by atoms with Crippen LogP contribution in [-0.4, -0.2) is 15.6 Å². The molecule has 1 aromatic heterocycles. The summed E-state index contributed by atoms with van der Waals surface area (Å²) in [5.74, 6) is 0. The molecule has 0 spiro atoms. The topological polar surface area (TPSA) is 80.9 Å². The van der Waals surface area contributed by atoms with Crippen LogP contribution in [0.4, 0.5) is 0 Å². The number of hydrogen-bond acceptors (Lipinski definition) is 3. The smallest absolute Gasteiger partial charge is 0.326 e. The van der Waals surface area contributed by atoms with E-state index in [0.29, 0.717) is 0 Å². The lowest BCUT2D eigenvalue weighted by Crippen LogP contribution is -2.37. The van der Waals surface area contributed by atoms with Crippen molar-refractivity contribution in [2.75, 3.05) is 0 Å². The van der Waals surface area contributed by atoms with Gasteiger partial charge in [0.15, 0.2) is 0 Å². The molecule has 0 saturated heterocycles. The summed E-state index contributed by atoms with van der Waals surface area (Å²) in [6.07, 6.45) is 4.41. The van der Waals surface area contributed by atoms with E-state index in [1.165, 1.54) is 16.8 Å². The van der Waals surface area contributed by atoms with Gasteiger partial charge in [0.05, 0.1) is 6.04 Å². The normalized spacial score (nSPS) is 26.6. The van der Waals surface area contributed by atoms with E-state index in [1.54, 1.807) is 0 Å². The van der Waals surface area contributed by atoms with E-state index in [-0.39, 0.29) is 23.3 Å². The van der Waals surface area contributed by atoms with Crippen molar-refractivity contribution < 1.29 is 0 Å². The Bertz CT molecular complexity index is 434. The number of nitrogens with zero attached hydrogens (tertiary/aromatic N) is 1. The van der Waals surface area contributed by atoms with Gasteiger partial charge in [-0.05, 0) is 19.3 Å². The molecule has 2 atom stereocenters. The van der Waals surface area contributed by atoms with E-state index in [1.807, 2.05) is 0 Å². The maximum absolute atomic E-state index is 11.4. The lowest BCUT2D eigenvalue weighted by atomic mass is 10.2. The largest absolute Gasteiger partial charge is 0.328 e. The third-order valence-corrected chi connectivity index (χ3v) is 2.74. The van der Waals surface area contributed by atoms with Crippen LogP contribution in [0.25, 0.3) is 0 Å². The molecule has 0 aromatic carbocycles. The molecule has 0 aliphatic heterocycles. The van der Waals surface area contributed by atoms with E-state index in [2.05, 4.69) is 4.98 Å². The summed E-state index contributed by atoms with van der Waals surface area (Å²) in [7, 11) is 0. The third-order valence-electron chi connectivity index (χ3n) is 2.74. The predicted molar refractivity (Wildman–Crippen MR) is 52.2 cm³/mol. The Kier molecular flexibility index (Phi) is 2.25. The van der Waals surface area contributed by atoms with Crippen LogP contribution >= 0.6 is 0 Å². The molecule has 3 N–H and O–H groups in total. The summed E-state index contributed by atoms with van der Waals surface area (Å²) in [5.41, 5.74) is 5.14. The zero-order valence-electron chi connectivity index (χ0n) is 7.77. The highest BCUT2D eigenvalue weighted by Gasteiger charge is 2.25. The monoisotopic (exact) mass is 195 g/mol. The number of nitrogens with two attached hydrogens (primary N) is 1. The molecule has 0 radical (unpaired) electrons. The summed E-state index contributed by atoms with van der Waals surface area (Å²) in [4.78, 5) is 24.5. The third kappa shape index (κ3) is 1.50. The summed E-state index contributed by atoms with van der Waals surface area (Å²) >= 11 is 0. The van der Waals surface area contributed by atoms with Crippen molar-refractivity contribution in [3.8, 4) is 0 Å². The Morgan fingerprint density at radius 1 is 1.43 bits per heavy atom. The van der Waals surface area contributed by atoms with Gasteiger partial charge in [0, 0.05) is 18.3 Å². The molecule has 1 fully saturated rings. The molecule has 76 valence electrons. The highest BCUT2D eigenvalue weighted by Crippen LogP contribution is 2.26. The molecule has 1 aliphatic carbocycles. The van der Waals surface area contributed by atoms with Crippen molar-refractivity contribution in [1.29, 1.82) is 0 Å². The standard InChI is InChI=1S/C9H13N3O2/c10-6-2-1-3-7(6)12-5-4-8(13)11-9(12)14/h4-7H,1-3,10H2,(H,11,13,14)/t6-,7-/m0/s1.